The van der Waals surface area contributed by atoms with E-state index in [1.165, 1.54) is 11.3 Å². The molecule has 6 nitrogen and oxygen atoms in total. The Balaban J connectivity index is 1.95. The van der Waals surface area contributed by atoms with Gasteiger partial charge in [0.1, 0.15) is 6.04 Å². The fourth-order valence-electron chi connectivity index (χ4n) is 2.98. The largest absolute Gasteiger partial charge is 0.353 e. The van der Waals surface area contributed by atoms with Crippen molar-refractivity contribution in [3.8, 4) is 0 Å². The van der Waals surface area contributed by atoms with Crippen molar-refractivity contribution in [3.05, 3.63) is 87.7 Å². The van der Waals surface area contributed by atoms with Crippen LogP contribution in [0.25, 0.3) is 0 Å². The number of nitrogens with zero attached hydrogens (tertiary/aromatic N) is 3. The highest BCUT2D eigenvalue weighted by atomic mass is 32.1. The maximum Gasteiger partial charge on any atom is 0.279 e. The highest BCUT2D eigenvalue weighted by molar-refractivity contribution is 7.07. The average molecular weight is 423 g/mol. The van der Waals surface area contributed by atoms with Crippen LogP contribution in [0.15, 0.2) is 71.2 Å². The standard InChI is InChI=1S/C23H26N4O2S/c1-17-9-11-19(12-10-17)21(28)25-23-27(15-16-30-23)20(18-7-5-4-6-8-18)22(29)24-13-14-26(2)3/h4-12,15-16,20H,13-14H2,1-3H3,(H,24,29)/t20-/m0/s1. The van der Waals surface area contributed by atoms with E-state index in [4.69, 9.17) is 0 Å². The van der Waals surface area contributed by atoms with E-state index in [-0.39, 0.29) is 11.8 Å². The SMILES string of the molecule is Cc1ccc(C(=O)N=c2sccn2[C@H](C(=O)NCCN(C)C)c2ccccc2)cc1. The summed E-state index contributed by atoms with van der Waals surface area (Å²) in [5.74, 6) is -0.461. The third kappa shape index (κ3) is 5.52. The molecule has 0 aliphatic rings. The summed E-state index contributed by atoms with van der Waals surface area (Å²) >= 11 is 1.33. The molecule has 0 bridgehead atoms. The van der Waals surface area contributed by atoms with Gasteiger partial charge in [0, 0.05) is 30.2 Å². The molecule has 0 saturated heterocycles. The lowest BCUT2D eigenvalue weighted by Gasteiger charge is -2.20. The van der Waals surface area contributed by atoms with Gasteiger partial charge in [-0.2, -0.15) is 4.99 Å². The molecule has 3 aromatic rings. The highest BCUT2D eigenvalue weighted by Gasteiger charge is 2.23. The van der Waals surface area contributed by atoms with E-state index in [0.29, 0.717) is 16.9 Å². The summed E-state index contributed by atoms with van der Waals surface area (Å²) in [5.41, 5.74) is 2.44. The van der Waals surface area contributed by atoms with Crippen molar-refractivity contribution >= 4 is 23.2 Å². The van der Waals surface area contributed by atoms with Crippen LogP contribution in [0, 0.1) is 6.92 Å². The Labute approximate surface area is 180 Å². The molecule has 2 aromatic carbocycles. The topological polar surface area (TPSA) is 66.7 Å². The summed E-state index contributed by atoms with van der Waals surface area (Å²) in [6, 6.07) is 16.2. The third-order valence-corrected chi connectivity index (χ3v) is 5.38. The summed E-state index contributed by atoms with van der Waals surface area (Å²) in [7, 11) is 3.92. The Morgan fingerprint density at radius 3 is 2.47 bits per heavy atom. The molecule has 0 saturated carbocycles. The molecule has 0 unspecified atom stereocenters. The molecule has 156 valence electrons. The normalized spacial score (nSPS) is 12.7. The lowest BCUT2D eigenvalue weighted by molar-refractivity contribution is -0.123. The number of carbonyl (C=O) groups is 2. The highest BCUT2D eigenvalue weighted by Crippen LogP contribution is 2.18. The number of likely N-dealkylation sites (N-methyl/N-ethyl adjacent to an activating group) is 1. The van der Waals surface area contributed by atoms with Gasteiger partial charge < -0.3 is 14.8 Å². The maximum atomic E-state index is 13.1. The van der Waals surface area contributed by atoms with Gasteiger partial charge in [0.2, 0.25) is 5.91 Å². The monoisotopic (exact) mass is 422 g/mol. The Morgan fingerprint density at radius 1 is 1.10 bits per heavy atom. The molecule has 1 N–H and O–H groups in total. The number of aromatic nitrogens is 1. The van der Waals surface area contributed by atoms with Crippen LogP contribution in [0.3, 0.4) is 0 Å². The van der Waals surface area contributed by atoms with Gasteiger partial charge in [-0.05, 0) is 38.7 Å². The number of hydrogen-bond donors (Lipinski definition) is 1. The molecule has 0 spiro atoms. The van der Waals surface area contributed by atoms with Crippen LogP contribution in [0.5, 0.6) is 0 Å². The molecule has 1 atom stereocenters. The van der Waals surface area contributed by atoms with Crippen LogP contribution in [0.4, 0.5) is 0 Å². The van der Waals surface area contributed by atoms with E-state index in [1.807, 2.05) is 73.8 Å². The zero-order valence-electron chi connectivity index (χ0n) is 17.4. The van der Waals surface area contributed by atoms with Crippen LogP contribution < -0.4 is 10.1 Å². The number of carbonyl (C=O) groups excluding carboxylic acids is 2. The zero-order chi connectivity index (χ0) is 21.5. The van der Waals surface area contributed by atoms with Crippen molar-refractivity contribution in [2.75, 3.05) is 27.2 Å². The van der Waals surface area contributed by atoms with Gasteiger partial charge in [0.15, 0.2) is 4.80 Å². The van der Waals surface area contributed by atoms with E-state index >= 15 is 0 Å². The lowest BCUT2D eigenvalue weighted by Crippen LogP contribution is -2.39. The zero-order valence-corrected chi connectivity index (χ0v) is 18.2. The Hall–Kier alpha value is -3.03. The van der Waals surface area contributed by atoms with Crippen molar-refractivity contribution in [2.45, 2.75) is 13.0 Å². The van der Waals surface area contributed by atoms with Gasteiger partial charge in [-0.1, -0.05) is 48.0 Å². The Morgan fingerprint density at radius 2 is 1.80 bits per heavy atom. The van der Waals surface area contributed by atoms with Crippen LogP contribution >= 0.6 is 11.3 Å². The van der Waals surface area contributed by atoms with Crippen molar-refractivity contribution < 1.29 is 9.59 Å². The molecular formula is C23H26N4O2S. The summed E-state index contributed by atoms with van der Waals surface area (Å²) in [6.07, 6.45) is 1.80. The minimum atomic E-state index is -0.607. The number of nitrogens with one attached hydrogen (secondary N) is 1. The predicted molar refractivity (Wildman–Crippen MR) is 120 cm³/mol. The van der Waals surface area contributed by atoms with Gasteiger partial charge >= 0.3 is 0 Å². The molecule has 2 amide bonds. The summed E-state index contributed by atoms with van der Waals surface area (Å²) in [6.45, 7) is 3.25. The van der Waals surface area contributed by atoms with Crippen LogP contribution in [0.1, 0.15) is 27.5 Å². The van der Waals surface area contributed by atoms with Crippen LogP contribution in [0.2, 0.25) is 0 Å². The number of thiazole rings is 1. The van der Waals surface area contributed by atoms with Crippen molar-refractivity contribution in [1.82, 2.24) is 14.8 Å². The number of hydrogen-bond acceptors (Lipinski definition) is 4. The molecule has 1 heterocycles. The summed E-state index contributed by atoms with van der Waals surface area (Å²) < 4.78 is 1.76. The minimum Gasteiger partial charge on any atom is -0.353 e. The fraction of sp³-hybridized carbons (Fsp3) is 0.261. The molecule has 30 heavy (non-hydrogen) atoms. The first-order valence-electron chi connectivity index (χ1n) is 9.74. The van der Waals surface area contributed by atoms with Gasteiger partial charge in [0.25, 0.3) is 5.91 Å². The molecule has 0 fully saturated rings. The Bertz CT molecular complexity index is 1050. The molecule has 0 aliphatic heterocycles. The van der Waals surface area contributed by atoms with Crippen LogP contribution in [-0.2, 0) is 4.79 Å². The molecule has 7 heteroatoms. The van der Waals surface area contributed by atoms with Crippen molar-refractivity contribution in [2.24, 2.45) is 4.99 Å². The van der Waals surface area contributed by atoms with Crippen molar-refractivity contribution in [1.29, 1.82) is 0 Å². The summed E-state index contributed by atoms with van der Waals surface area (Å²) in [4.78, 5) is 32.6. The molecule has 3 rings (SSSR count). The lowest BCUT2D eigenvalue weighted by atomic mass is 10.1. The van der Waals surface area contributed by atoms with E-state index in [9.17, 15) is 9.59 Å². The van der Waals surface area contributed by atoms with Crippen LogP contribution in [-0.4, -0.2) is 48.5 Å². The van der Waals surface area contributed by atoms with Gasteiger partial charge in [-0.3, -0.25) is 9.59 Å². The first kappa shape index (κ1) is 21.7. The molecule has 0 radical (unpaired) electrons. The van der Waals surface area contributed by atoms with Gasteiger partial charge in [-0.15, -0.1) is 11.3 Å². The van der Waals surface area contributed by atoms with E-state index in [1.54, 1.807) is 22.9 Å². The predicted octanol–water partition coefficient (Wildman–Crippen LogP) is 2.87. The second kappa shape index (κ2) is 10.1. The second-order valence-electron chi connectivity index (χ2n) is 7.28. The first-order chi connectivity index (χ1) is 14.5. The molecular weight excluding hydrogens is 396 g/mol. The minimum absolute atomic E-state index is 0.134. The van der Waals surface area contributed by atoms with E-state index in [0.717, 1.165) is 17.7 Å². The molecule has 1 aromatic heterocycles. The smallest absolute Gasteiger partial charge is 0.279 e. The third-order valence-electron chi connectivity index (χ3n) is 4.61. The van der Waals surface area contributed by atoms with Crippen molar-refractivity contribution in [3.63, 3.8) is 0 Å². The first-order valence-corrected chi connectivity index (χ1v) is 10.6. The van der Waals surface area contributed by atoms with E-state index in [2.05, 4.69) is 10.3 Å². The number of aryl methyl sites for hydroxylation is 1. The number of amides is 2. The molecule has 0 aliphatic carbocycles. The quantitative estimate of drug-likeness (QED) is 0.637. The number of rotatable bonds is 7. The second-order valence-corrected chi connectivity index (χ2v) is 8.16. The Kier molecular flexibility index (Phi) is 7.32. The maximum absolute atomic E-state index is 13.1. The van der Waals surface area contributed by atoms with Gasteiger partial charge in [-0.25, -0.2) is 0 Å². The van der Waals surface area contributed by atoms with E-state index < -0.39 is 6.04 Å². The summed E-state index contributed by atoms with van der Waals surface area (Å²) in [5, 5.41) is 4.83. The number of benzene rings is 2. The fourth-order valence-corrected chi connectivity index (χ4v) is 3.72. The average Bonchev–Trinajstić information content (AvgIpc) is 3.17. The van der Waals surface area contributed by atoms with Gasteiger partial charge in [0.05, 0.1) is 0 Å².